The minimum absolute atomic E-state index is 0.0967. The largest absolute Gasteiger partial charge is 0.456 e. The van der Waals surface area contributed by atoms with Crippen molar-refractivity contribution < 1.29 is 14.0 Å². The zero-order valence-electron chi connectivity index (χ0n) is 37.4. The van der Waals surface area contributed by atoms with E-state index >= 15 is 0 Å². The molecule has 3 heteroatoms. The van der Waals surface area contributed by atoms with Gasteiger partial charge in [-0.3, -0.25) is 0 Å². The lowest BCUT2D eigenvalue weighted by molar-refractivity contribution is 0.668. The highest BCUT2D eigenvalue weighted by atomic mass is 16.3. The molecule has 0 N–H and O–H groups in total. The first-order chi connectivity index (χ1) is 31.2. The van der Waals surface area contributed by atoms with E-state index in [1.807, 2.05) is 91.0 Å². The maximum absolute atomic E-state index is 9.90. The third-order valence-electron chi connectivity index (χ3n) is 11.2. The Hall–Kier alpha value is -7.62. The predicted molar refractivity (Wildman–Crippen MR) is 239 cm³/mol. The van der Waals surface area contributed by atoms with E-state index in [0.29, 0.717) is 22.4 Å². The van der Waals surface area contributed by atoms with Crippen LogP contribution in [0.5, 0.6) is 0 Å². The molecule has 0 saturated heterocycles. The molecule has 12 rings (SSSR count). The molecule has 3 aromatic heterocycles. The summed E-state index contributed by atoms with van der Waals surface area (Å²) in [6, 6.07) is 52.5. The Labute approximate surface area is 338 Å². The van der Waals surface area contributed by atoms with Crippen molar-refractivity contribution in [2.75, 3.05) is 0 Å². The van der Waals surface area contributed by atoms with Crippen LogP contribution < -0.4 is 0 Å². The Kier molecular flexibility index (Phi) is 5.56. The van der Waals surface area contributed by atoms with Crippen LogP contribution in [-0.2, 0) is 0 Å². The smallest absolute Gasteiger partial charge is 0.137 e. The van der Waals surface area contributed by atoms with Gasteiger partial charge in [0.2, 0.25) is 0 Å². The molecule has 0 saturated carbocycles. The van der Waals surface area contributed by atoms with E-state index < -0.39 is 12.1 Å². The normalized spacial score (nSPS) is 13.6. The highest BCUT2D eigenvalue weighted by Crippen LogP contribution is 2.40. The van der Waals surface area contributed by atoms with Gasteiger partial charge in [0.15, 0.2) is 0 Å². The molecule has 57 heavy (non-hydrogen) atoms. The first kappa shape index (κ1) is 25.5. The molecular weight excluding hydrogens is 693 g/mol. The lowest BCUT2D eigenvalue weighted by atomic mass is 9.99. The Morgan fingerprint density at radius 2 is 0.947 bits per heavy atom. The zero-order valence-corrected chi connectivity index (χ0v) is 30.4. The molecule has 0 amide bonds. The lowest BCUT2D eigenvalue weighted by Crippen LogP contribution is -1.94. The fourth-order valence-electron chi connectivity index (χ4n) is 8.47. The van der Waals surface area contributed by atoms with Crippen molar-refractivity contribution in [3.8, 4) is 44.8 Å². The van der Waals surface area contributed by atoms with Gasteiger partial charge in [0.1, 0.15) is 11.2 Å². The summed E-state index contributed by atoms with van der Waals surface area (Å²) in [4.78, 5) is 0. The van der Waals surface area contributed by atoms with E-state index in [2.05, 4.69) is 71.3 Å². The minimum Gasteiger partial charge on any atom is -0.456 e. The van der Waals surface area contributed by atoms with E-state index in [4.69, 9.17) is 7.16 Å². The molecule has 0 atom stereocenters. The fourth-order valence-corrected chi connectivity index (χ4v) is 8.47. The van der Waals surface area contributed by atoms with Gasteiger partial charge in [0.05, 0.1) is 31.7 Å². The molecule has 0 fully saturated rings. The maximum atomic E-state index is 9.90. The van der Waals surface area contributed by atoms with E-state index in [0.717, 1.165) is 60.5 Å². The highest BCUT2D eigenvalue weighted by Gasteiger charge is 2.18. The molecule has 0 aliphatic carbocycles. The highest BCUT2D eigenvalue weighted by molar-refractivity contribution is 6.13. The first-order valence-corrected chi connectivity index (χ1v) is 18.9. The summed E-state index contributed by atoms with van der Waals surface area (Å²) in [5, 5.41) is 3.97. The minimum atomic E-state index is -0.437. The molecule has 0 unspecified atom stereocenters. The predicted octanol–water partition coefficient (Wildman–Crippen LogP) is 14.8. The van der Waals surface area contributed by atoms with Gasteiger partial charge in [-0.2, -0.15) is 0 Å². The lowest BCUT2D eigenvalue weighted by Gasteiger charge is -2.11. The number of benzene rings is 9. The van der Waals surface area contributed by atoms with Crippen molar-refractivity contribution in [3.05, 3.63) is 206 Å². The molecule has 0 radical (unpaired) electrons. The van der Waals surface area contributed by atoms with Gasteiger partial charge < -0.3 is 13.6 Å². The second-order valence-corrected chi connectivity index (χ2v) is 14.4. The molecular formula is C54H34N2O. The third-order valence-corrected chi connectivity index (χ3v) is 11.2. The van der Waals surface area contributed by atoms with Crippen LogP contribution >= 0.6 is 0 Å². The van der Waals surface area contributed by atoms with Crippen molar-refractivity contribution in [2.45, 2.75) is 0 Å². The summed E-state index contributed by atoms with van der Waals surface area (Å²) in [5.74, 6) is 0. The Bertz CT molecular complexity index is 3910. The van der Waals surface area contributed by atoms with Gasteiger partial charge >= 0.3 is 0 Å². The van der Waals surface area contributed by atoms with Crippen LogP contribution in [0.1, 0.15) is 9.60 Å². The maximum Gasteiger partial charge on any atom is 0.137 e. The van der Waals surface area contributed by atoms with Crippen LogP contribution in [0.3, 0.4) is 0 Å². The third kappa shape index (κ3) is 4.99. The number of para-hydroxylation sites is 2. The molecule has 0 aliphatic heterocycles. The molecule has 3 heterocycles. The van der Waals surface area contributed by atoms with Gasteiger partial charge in [0, 0.05) is 49.8 Å². The van der Waals surface area contributed by atoms with E-state index in [1.54, 1.807) is 10.6 Å². The number of fused-ring (bicyclic) bond motifs is 9. The van der Waals surface area contributed by atoms with E-state index in [1.165, 1.54) is 0 Å². The van der Waals surface area contributed by atoms with Crippen LogP contribution in [0.2, 0.25) is 0 Å². The van der Waals surface area contributed by atoms with Crippen LogP contribution in [-0.4, -0.2) is 9.13 Å². The summed E-state index contributed by atoms with van der Waals surface area (Å²) in [5.41, 5.74) is 10.0. The van der Waals surface area contributed by atoms with Crippen molar-refractivity contribution >= 4 is 65.6 Å². The molecule has 3 nitrogen and oxygen atoms in total. The van der Waals surface area contributed by atoms with Crippen LogP contribution in [0.4, 0.5) is 0 Å². The average molecular weight is 734 g/mol. The van der Waals surface area contributed by atoms with Gasteiger partial charge in [-0.15, -0.1) is 0 Å². The number of aromatic nitrogens is 2. The van der Waals surface area contributed by atoms with Crippen molar-refractivity contribution in [2.24, 2.45) is 0 Å². The standard InChI is InChI=1S/C54H34N2O/c1-3-11-35(12-4-1)37-19-24-41(25-20-37)55-50-29-22-39(32-48(50)44-27-21-40(33-52(44)55)36-13-5-2-6-14-36)38-23-30-51-47(31-38)43-15-7-9-17-49(43)56(51)42-26-28-46-45-16-8-10-18-53(45)57-54(46)34-42/h1-34H/i7D,9D,15D,17D,23D,30D,31D. The molecule has 0 aliphatic rings. The number of rotatable bonds is 5. The number of hydrogen-bond donors (Lipinski definition) is 0. The number of hydrogen-bond acceptors (Lipinski definition) is 1. The average Bonchev–Trinajstić information content (AvgIpc) is 4.00. The monoisotopic (exact) mass is 733 g/mol. The van der Waals surface area contributed by atoms with Crippen molar-refractivity contribution in [3.63, 3.8) is 0 Å². The Balaban J connectivity index is 1.11. The number of furan rings is 1. The van der Waals surface area contributed by atoms with Crippen LogP contribution in [0, 0.1) is 0 Å². The molecule has 0 spiro atoms. The van der Waals surface area contributed by atoms with Crippen LogP contribution in [0.25, 0.3) is 110 Å². The van der Waals surface area contributed by atoms with Gasteiger partial charge in [-0.05, 0) is 100 Å². The number of nitrogens with zero attached hydrogens (tertiary/aromatic N) is 2. The summed E-state index contributed by atoms with van der Waals surface area (Å²) >= 11 is 0. The second kappa shape index (κ2) is 12.5. The molecule has 9 aromatic carbocycles. The zero-order chi connectivity index (χ0) is 43.5. The topological polar surface area (TPSA) is 23.0 Å². The summed E-state index contributed by atoms with van der Waals surface area (Å²) in [6.45, 7) is 0. The fraction of sp³-hybridized carbons (Fsp3) is 0. The summed E-state index contributed by atoms with van der Waals surface area (Å²) in [7, 11) is 0. The van der Waals surface area contributed by atoms with Gasteiger partial charge in [0.25, 0.3) is 0 Å². The Morgan fingerprint density at radius 1 is 0.333 bits per heavy atom. The molecule has 0 bridgehead atoms. The van der Waals surface area contributed by atoms with Gasteiger partial charge in [-0.1, -0.05) is 133 Å². The van der Waals surface area contributed by atoms with Crippen LogP contribution in [0.15, 0.2) is 211 Å². The first-order valence-electron chi connectivity index (χ1n) is 22.4. The summed E-state index contributed by atoms with van der Waals surface area (Å²) in [6.07, 6.45) is 0. The summed E-state index contributed by atoms with van der Waals surface area (Å²) < 4.78 is 75.0. The van der Waals surface area contributed by atoms with Gasteiger partial charge in [-0.25, -0.2) is 0 Å². The van der Waals surface area contributed by atoms with Crippen molar-refractivity contribution in [1.82, 2.24) is 9.13 Å². The second-order valence-electron chi connectivity index (χ2n) is 14.4. The van der Waals surface area contributed by atoms with E-state index in [-0.39, 0.29) is 57.6 Å². The Morgan fingerprint density at radius 3 is 1.79 bits per heavy atom. The quantitative estimate of drug-likeness (QED) is 0.173. The van der Waals surface area contributed by atoms with Crippen molar-refractivity contribution in [1.29, 1.82) is 0 Å². The molecule has 12 aromatic rings. The molecule has 266 valence electrons. The van der Waals surface area contributed by atoms with E-state index in [9.17, 15) is 6.85 Å². The SMILES string of the molecule is [2H]c1c([2H])c([2H])c2c(c1[2H])c1c([2H])c(-c3ccc4c(c3)c3ccc(-c5ccccc5)cc3n4-c3ccc(-c4ccccc4)cc3)c([2H])c([2H])c1n2-c1ccc2c(c1)oc1ccccc12.